The summed E-state index contributed by atoms with van der Waals surface area (Å²) in [6.45, 7) is 0. The van der Waals surface area contributed by atoms with Crippen molar-refractivity contribution in [2.45, 2.75) is 4.90 Å². The van der Waals surface area contributed by atoms with E-state index in [9.17, 15) is 13.6 Å². The molecule has 0 aromatic heterocycles. The lowest BCUT2D eigenvalue weighted by Gasteiger charge is -2.12. The lowest BCUT2D eigenvalue weighted by molar-refractivity contribution is 0.102. The predicted octanol–water partition coefficient (Wildman–Crippen LogP) is 5.83. The first-order valence-electron chi connectivity index (χ1n) is 7.30. The molecule has 0 bridgehead atoms. The molecule has 1 amide bonds. The summed E-state index contributed by atoms with van der Waals surface area (Å²) < 4.78 is 27.5. The number of benzene rings is 3. The van der Waals surface area contributed by atoms with Gasteiger partial charge in [-0.2, -0.15) is 0 Å². The van der Waals surface area contributed by atoms with E-state index in [1.54, 1.807) is 18.2 Å². The number of halogens is 3. The van der Waals surface area contributed by atoms with Crippen LogP contribution in [0.3, 0.4) is 0 Å². The number of thiol groups is 1. The quantitative estimate of drug-likeness (QED) is 0.554. The van der Waals surface area contributed by atoms with Crippen molar-refractivity contribution in [3.8, 4) is 11.1 Å². The van der Waals surface area contributed by atoms with Gasteiger partial charge >= 0.3 is 0 Å². The van der Waals surface area contributed by atoms with Crippen LogP contribution in [0.1, 0.15) is 10.4 Å². The van der Waals surface area contributed by atoms with Gasteiger partial charge in [0.1, 0.15) is 11.6 Å². The standard InChI is InChI=1S/C19H12ClF2NOS/c20-15-10-16(22)17(9-14(15)13-6-1-2-7-18(13)25)23-19(24)11-4-3-5-12(21)8-11/h1-10,25H,(H,23,24). The molecule has 0 saturated carbocycles. The minimum Gasteiger partial charge on any atom is -0.319 e. The fourth-order valence-electron chi connectivity index (χ4n) is 2.38. The second-order valence-corrected chi connectivity index (χ2v) is 6.18. The van der Waals surface area contributed by atoms with E-state index in [0.29, 0.717) is 16.0 Å². The largest absolute Gasteiger partial charge is 0.319 e. The first-order chi connectivity index (χ1) is 12.0. The first kappa shape index (κ1) is 17.5. The first-order valence-corrected chi connectivity index (χ1v) is 8.12. The molecule has 0 unspecified atom stereocenters. The smallest absolute Gasteiger partial charge is 0.255 e. The molecule has 0 fully saturated rings. The van der Waals surface area contributed by atoms with Crippen LogP contribution >= 0.6 is 24.2 Å². The van der Waals surface area contributed by atoms with Crippen molar-refractivity contribution in [1.29, 1.82) is 0 Å². The third-order valence-corrected chi connectivity index (χ3v) is 4.29. The number of carbonyl (C=O) groups excluding carboxylic acids is 1. The molecule has 0 spiro atoms. The molecule has 25 heavy (non-hydrogen) atoms. The maximum atomic E-state index is 14.2. The summed E-state index contributed by atoms with van der Waals surface area (Å²) in [7, 11) is 0. The van der Waals surface area contributed by atoms with Gasteiger partial charge in [0, 0.05) is 16.0 Å². The SMILES string of the molecule is O=C(Nc1cc(-c2ccccc2S)c(Cl)cc1F)c1cccc(F)c1. The van der Waals surface area contributed by atoms with Gasteiger partial charge in [-0.1, -0.05) is 35.9 Å². The van der Waals surface area contributed by atoms with E-state index in [0.717, 1.165) is 12.1 Å². The van der Waals surface area contributed by atoms with Gasteiger partial charge in [0.05, 0.1) is 10.7 Å². The van der Waals surface area contributed by atoms with Gasteiger partial charge in [-0.05, 0) is 42.0 Å². The van der Waals surface area contributed by atoms with E-state index in [-0.39, 0.29) is 16.3 Å². The van der Waals surface area contributed by atoms with E-state index in [1.807, 2.05) is 6.07 Å². The lowest BCUT2D eigenvalue weighted by atomic mass is 10.0. The Kier molecular flexibility index (Phi) is 5.06. The normalized spacial score (nSPS) is 10.6. The molecular weight excluding hydrogens is 364 g/mol. The van der Waals surface area contributed by atoms with Crippen LogP contribution in [0.25, 0.3) is 11.1 Å². The van der Waals surface area contributed by atoms with Crippen molar-refractivity contribution in [2.75, 3.05) is 5.32 Å². The molecule has 0 radical (unpaired) electrons. The van der Waals surface area contributed by atoms with Crippen LogP contribution in [0.5, 0.6) is 0 Å². The summed E-state index contributed by atoms with van der Waals surface area (Å²) >= 11 is 10.5. The third kappa shape index (κ3) is 3.83. The number of nitrogens with one attached hydrogen (secondary N) is 1. The summed E-state index contributed by atoms with van der Waals surface area (Å²) in [6, 6.07) is 14.9. The van der Waals surface area contributed by atoms with Gasteiger partial charge in [0.25, 0.3) is 5.91 Å². The maximum Gasteiger partial charge on any atom is 0.255 e. The van der Waals surface area contributed by atoms with Gasteiger partial charge < -0.3 is 5.32 Å². The molecule has 2 nitrogen and oxygen atoms in total. The van der Waals surface area contributed by atoms with Crippen molar-refractivity contribution in [3.63, 3.8) is 0 Å². The second kappa shape index (κ2) is 7.25. The Balaban J connectivity index is 1.99. The molecule has 3 aromatic carbocycles. The Morgan fingerprint density at radius 3 is 2.44 bits per heavy atom. The molecule has 126 valence electrons. The molecule has 3 aromatic rings. The summed E-state index contributed by atoms with van der Waals surface area (Å²) in [5.41, 5.74) is 1.27. The second-order valence-electron chi connectivity index (χ2n) is 5.29. The van der Waals surface area contributed by atoms with Crippen molar-refractivity contribution >= 4 is 35.8 Å². The summed E-state index contributed by atoms with van der Waals surface area (Å²) in [6.07, 6.45) is 0. The molecule has 6 heteroatoms. The highest BCUT2D eigenvalue weighted by molar-refractivity contribution is 7.80. The summed E-state index contributed by atoms with van der Waals surface area (Å²) in [4.78, 5) is 12.9. The zero-order valence-electron chi connectivity index (χ0n) is 12.8. The van der Waals surface area contributed by atoms with Gasteiger partial charge in [0.15, 0.2) is 0 Å². The van der Waals surface area contributed by atoms with Crippen LogP contribution in [-0.4, -0.2) is 5.91 Å². The summed E-state index contributed by atoms with van der Waals surface area (Å²) in [5, 5.41) is 2.64. The zero-order chi connectivity index (χ0) is 18.0. The molecule has 0 atom stereocenters. The summed E-state index contributed by atoms with van der Waals surface area (Å²) in [5.74, 6) is -1.85. The van der Waals surface area contributed by atoms with Gasteiger partial charge in [-0.15, -0.1) is 12.6 Å². The van der Waals surface area contributed by atoms with Crippen LogP contribution in [0, 0.1) is 11.6 Å². The Morgan fingerprint density at radius 1 is 0.960 bits per heavy atom. The zero-order valence-corrected chi connectivity index (χ0v) is 14.4. The lowest BCUT2D eigenvalue weighted by Crippen LogP contribution is -2.13. The van der Waals surface area contributed by atoms with Crippen LogP contribution < -0.4 is 5.32 Å². The highest BCUT2D eigenvalue weighted by Crippen LogP contribution is 2.35. The topological polar surface area (TPSA) is 29.1 Å². The van der Waals surface area contributed by atoms with Crippen LogP contribution in [-0.2, 0) is 0 Å². The van der Waals surface area contributed by atoms with Gasteiger partial charge in [-0.3, -0.25) is 4.79 Å². The highest BCUT2D eigenvalue weighted by Gasteiger charge is 2.15. The van der Waals surface area contributed by atoms with E-state index in [4.69, 9.17) is 11.6 Å². The molecule has 0 saturated heterocycles. The molecule has 3 rings (SSSR count). The number of rotatable bonds is 3. The number of hydrogen-bond acceptors (Lipinski definition) is 2. The number of amides is 1. The molecule has 0 aliphatic heterocycles. The molecule has 0 aliphatic rings. The monoisotopic (exact) mass is 375 g/mol. The van der Waals surface area contributed by atoms with Gasteiger partial charge in [0.2, 0.25) is 0 Å². The van der Waals surface area contributed by atoms with Crippen LogP contribution in [0.2, 0.25) is 5.02 Å². The molecule has 0 aliphatic carbocycles. The van der Waals surface area contributed by atoms with Crippen LogP contribution in [0.15, 0.2) is 65.6 Å². The molecule has 1 N–H and O–H groups in total. The van der Waals surface area contributed by atoms with Gasteiger partial charge in [-0.25, -0.2) is 8.78 Å². The van der Waals surface area contributed by atoms with Crippen LogP contribution in [0.4, 0.5) is 14.5 Å². The predicted molar refractivity (Wildman–Crippen MR) is 98.5 cm³/mol. The van der Waals surface area contributed by atoms with Crippen molar-refractivity contribution in [1.82, 2.24) is 0 Å². The highest BCUT2D eigenvalue weighted by atomic mass is 35.5. The van der Waals surface area contributed by atoms with Crippen molar-refractivity contribution in [3.05, 3.63) is 82.9 Å². The van der Waals surface area contributed by atoms with Crippen molar-refractivity contribution < 1.29 is 13.6 Å². The maximum absolute atomic E-state index is 14.2. The Labute approximate surface area is 153 Å². The minimum absolute atomic E-state index is 0.0507. The van der Waals surface area contributed by atoms with E-state index >= 15 is 0 Å². The Hall–Kier alpha value is -2.37. The Bertz CT molecular complexity index is 962. The third-order valence-electron chi connectivity index (χ3n) is 3.59. The fraction of sp³-hybridized carbons (Fsp3) is 0. The van der Waals surface area contributed by atoms with E-state index in [2.05, 4.69) is 17.9 Å². The van der Waals surface area contributed by atoms with E-state index in [1.165, 1.54) is 24.3 Å². The Morgan fingerprint density at radius 2 is 1.72 bits per heavy atom. The average molecular weight is 376 g/mol. The number of carbonyl (C=O) groups is 1. The average Bonchev–Trinajstić information content (AvgIpc) is 2.58. The number of hydrogen-bond donors (Lipinski definition) is 2. The number of anilines is 1. The van der Waals surface area contributed by atoms with Crippen molar-refractivity contribution in [2.24, 2.45) is 0 Å². The fourth-order valence-corrected chi connectivity index (χ4v) is 2.91. The van der Waals surface area contributed by atoms with E-state index < -0.39 is 17.5 Å². The molecular formula is C19H12ClF2NOS. The minimum atomic E-state index is -0.685. The molecule has 0 heterocycles.